The highest BCUT2D eigenvalue weighted by Crippen LogP contribution is 2.31. The molecular formula is C17H29N3. The summed E-state index contributed by atoms with van der Waals surface area (Å²) in [4.78, 5) is 4.74. The predicted octanol–water partition coefficient (Wildman–Crippen LogP) is 2.87. The maximum Gasteiger partial charge on any atom is 0.0361 e. The van der Waals surface area contributed by atoms with E-state index in [4.69, 9.17) is 5.73 Å². The molecule has 112 valence electrons. The number of nitrogens with zero attached hydrogens (tertiary/aromatic N) is 2. The number of hydrogen-bond acceptors (Lipinski definition) is 3. The molecule has 0 radical (unpaired) electrons. The second-order valence-electron chi connectivity index (χ2n) is 6.32. The summed E-state index contributed by atoms with van der Waals surface area (Å²) in [5.41, 5.74) is 8.66. The first kappa shape index (κ1) is 15.3. The molecule has 1 aliphatic heterocycles. The van der Waals surface area contributed by atoms with E-state index in [1.165, 1.54) is 30.6 Å². The first-order valence-corrected chi connectivity index (χ1v) is 7.77. The molecule has 1 aliphatic rings. The molecule has 1 aromatic rings. The number of benzene rings is 1. The lowest BCUT2D eigenvalue weighted by molar-refractivity contribution is 0.0690. The fraction of sp³-hybridized carbons (Fsp3) is 0.647. The molecule has 1 fully saturated rings. The third-order valence-corrected chi connectivity index (χ3v) is 4.79. The van der Waals surface area contributed by atoms with Gasteiger partial charge >= 0.3 is 0 Å². The van der Waals surface area contributed by atoms with Gasteiger partial charge in [-0.1, -0.05) is 19.1 Å². The zero-order valence-electron chi connectivity index (χ0n) is 13.3. The Morgan fingerprint density at radius 2 is 1.95 bits per heavy atom. The van der Waals surface area contributed by atoms with Gasteiger partial charge < -0.3 is 10.6 Å². The highest BCUT2D eigenvalue weighted by molar-refractivity contribution is 5.46. The summed E-state index contributed by atoms with van der Waals surface area (Å²) < 4.78 is 0. The van der Waals surface area contributed by atoms with Gasteiger partial charge in [-0.05, 0) is 49.9 Å². The standard InChI is InChI=1S/C17H29N3/c1-13-6-5-11-20(17(13)12-18)14(2)15-7-9-16(10-8-15)19(3)4/h7-10,13-14,17H,5-6,11-12,18H2,1-4H3. The lowest BCUT2D eigenvalue weighted by Crippen LogP contribution is -2.49. The van der Waals surface area contributed by atoms with Gasteiger partial charge in [0.1, 0.15) is 0 Å². The Bertz CT molecular complexity index is 413. The monoisotopic (exact) mass is 275 g/mol. The average Bonchev–Trinajstić information content (AvgIpc) is 2.46. The fourth-order valence-electron chi connectivity index (χ4n) is 3.37. The summed E-state index contributed by atoms with van der Waals surface area (Å²) in [6.07, 6.45) is 2.60. The third-order valence-electron chi connectivity index (χ3n) is 4.79. The van der Waals surface area contributed by atoms with E-state index in [0.717, 1.165) is 6.54 Å². The van der Waals surface area contributed by atoms with Crippen molar-refractivity contribution < 1.29 is 0 Å². The third kappa shape index (κ3) is 3.15. The molecule has 3 nitrogen and oxygen atoms in total. The summed E-state index contributed by atoms with van der Waals surface area (Å²) in [5.74, 6) is 0.706. The van der Waals surface area contributed by atoms with Crippen molar-refractivity contribution in [3.63, 3.8) is 0 Å². The molecule has 0 aromatic heterocycles. The van der Waals surface area contributed by atoms with Crippen LogP contribution in [-0.2, 0) is 0 Å². The Morgan fingerprint density at radius 1 is 1.30 bits per heavy atom. The van der Waals surface area contributed by atoms with E-state index in [1.807, 2.05) is 0 Å². The molecule has 2 N–H and O–H groups in total. The van der Waals surface area contributed by atoms with Crippen LogP contribution in [0.25, 0.3) is 0 Å². The van der Waals surface area contributed by atoms with E-state index in [0.29, 0.717) is 18.0 Å². The average molecular weight is 275 g/mol. The highest BCUT2D eigenvalue weighted by Gasteiger charge is 2.30. The Balaban J connectivity index is 2.14. The largest absolute Gasteiger partial charge is 0.378 e. The van der Waals surface area contributed by atoms with Crippen LogP contribution in [0, 0.1) is 5.92 Å². The van der Waals surface area contributed by atoms with E-state index < -0.39 is 0 Å². The van der Waals surface area contributed by atoms with Gasteiger partial charge in [0.05, 0.1) is 0 Å². The van der Waals surface area contributed by atoms with Crippen molar-refractivity contribution in [1.29, 1.82) is 0 Å². The Morgan fingerprint density at radius 3 is 2.50 bits per heavy atom. The van der Waals surface area contributed by atoms with Crippen molar-refractivity contribution in [3.8, 4) is 0 Å². The lowest BCUT2D eigenvalue weighted by atomic mass is 9.88. The van der Waals surface area contributed by atoms with E-state index in [2.05, 4.69) is 62.0 Å². The SMILES string of the molecule is CC1CCCN(C(C)c2ccc(N(C)C)cc2)C1CN. The number of piperidine rings is 1. The van der Waals surface area contributed by atoms with Gasteiger partial charge in [0.25, 0.3) is 0 Å². The summed E-state index contributed by atoms with van der Waals surface area (Å²) >= 11 is 0. The maximum atomic E-state index is 6.02. The maximum absolute atomic E-state index is 6.02. The summed E-state index contributed by atoms with van der Waals surface area (Å²) in [7, 11) is 4.16. The molecule has 20 heavy (non-hydrogen) atoms. The van der Waals surface area contributed by atoms with Crippen LogP contribution in [0.3, 0.4) is 0 Å². The van der Waals surface area contributed by atoms with Crippen molar-refractivity contribution in [2.75, 3.05) is 32.1 Å². The normalized spacial score (nSPS) is 25.4. The van der Waals surface area contributed by atoms with Crippen LogP contribution in [0.5, 0.6) is 0 Å². The van der Waals surface area contributed by atoms with E-state index >= 15 is 0 Å². The molecule has 1 saturated heterocycles. The van der Waals surface area contributed by atoms with Gasteiger partial charge in [-0.2, -0.15) is 0 Å². The molecule has 3 atom stereocenters. The van der Waals surface area contributed by atoms with Crippen LogP contribution in [0.1, 0.15) is 38.3 Å². The smallest absolute Gasteiger partial charge is 0.0361 e. The van der Waals surface area contributed by atoms with Gasteiger partial charge in [0.15, 0.2) is 0 Å². The van der Waals surface area contributed by atoms with Crippen LogP contribution in [0.2, 0.25) is 0 Å². The minimum Gasteiger partial charge on any atom is -0.378 e. The molecule has 3 unspecified atom stereocenters. The topological polar surface area (TPSA) is 32.5 Å². The quantitative estimate of drug-likeness (QED) is 0.917. The molecule has 1 heterocycles. The molecule has 0 aliphatic carbocycles. The van der Waals surface area contributed by atoms with Crippen LogP contribution in [-0.4, -0.2) is 38.1 Å². The molecule has 0 saturated carbocycles. The first-order chi connectivity index (χ1) is 9.54. The van der Waals surface area contributed by atoms with Crippen LogP contribution >= 0.6 is 0 Å². The van der Waals surface area contributed by atoms with Crippen LogP contribution < -0.4 is 10.6 Å². The Kier molecular flexibility index (Phi) is 5.06. The Hall–Kier alpha value is -1.06. The van der Waals surface area contributed by atoms with Crippen molar-refractivity contribution >= 4 is 5.69 Å². The van der Waals surface area contributed by atoms with Gasteiger partial charge in [-0.15, -0.1) is 0 Å². The Labute approximate surface area is 123 Å². The van der Waals surface area contributed by atoms with Crippen molar-refractivity contribution in [2.45, 2.75) is 38.8 Å². The molecule has 1 aromatic carbocycles. The van der Waals surface area contributed by atoms with Crippen molar-refractivity contribution in [3.05, 3.63) is 29.8 Å². The lowest BCUT2D eigenvalue weighted by Gasteiger charge is -2.43. The first-order valence-electron chi connectivity index (χ1n) is 7.77. The molecule has 0 spiro atoms. The number of likely N-dealkylation sites (tertiary alicyclic amines) is 1. The minimum atomic E-state index is 0.447. The molecular weight excluding hydrogens is 246 g/mol. The molecule has 3 heteroatoms. The van der Waals surface area contributed by atoms with E-state index in [9.17, 15) is 0 Å². The van der Waals surface area contributed by atoms with Gasteiger partial charge in [-0.25, -0.2) is 0 Å². The zero-order chi connectivity index (χ0) is 14.7. The summed E-state index contributed by atoms with van der Waals surface area (Å²) in [6, 6.07) is 9.89. The van der Waals surface area contributed by atoms with Crippen molar-refractivity contribution in [2.24, 2.45) is 11.7 Å². The number of anilines is 1. The minimum absolute atomic E-state index is 0.447. The molecule has 0 bridgehead atoms. The fourth-order valence-corrected chi connectivity index (χ4v) is 3.37. The molecule has 2 rings (SSSR count). The predicted molar refractivity (Wildman–Crippen MR) is 87.1 cm³/mol. The second-order valence-corrected chi connectivity index (χ2v) is 6.32. The summed E-state index contributed by atoms with van der Waals surface area (Å²) in [5, 5.41) is 0. The number of nitrogens with two attached hydrogens (primary N) is 1. The van der Waals surface area contributed by atoms with E-state index in [1.54, 1.807) is 0 Å². The molecule has 0 amide bonds. The van der Waals surface area contributed by atoms with Crippen LogP contribution in [0.4, 0.5) is 5.69 Å². The van der Waals surface area contributed by atoms with Gasteiger partial charge in [0.2, 0.25) is 0 Å². The number of hydrogen-bond donors (Lipinski definition) is 1. The zero-order valence-corrected chi connectivity index (χ0v) is 13.3. The van der Waals surface area contributed by atoms with Crippen molar-refractivity contribution in [1.82, 2.24) is 4.90 Å². The number of rotatable bonds is 4. The highest BCUT2D eigenvalue weighted by atomic mass is 15.2. The van der Waals surface area contributed by atoms with Gasteiger partial charge in [-0.3, -0.25) is 4.90 Å². The summed E-state index contributed by atoms with van der Waals surface area (Å²) in [6.45, 7) is 6.58. The van der Waals surface area contributed by atoms with Crippen LogP contribution in [0.15, 0.2) is 24.3 Å². The second kappa shape index (κ2) is 6.59. The van der Waals surface area contributed by atoms with Gasteiger partial charge in [0, 0.05) is 38.4 Å². The van der Waals surface area contributed by atoms with E-state index in [-0.39, 0.29) is 0 Å².